The second-order valence-corrected chi connectivity index (χ2v) is 10.6. The number of benzene rings is 2. The van der Waals surface area contributed by atoms with Gasteiger partial charge in [-0.15, -0.1) is 0 Å². The summed E-state index contributed by atoms with van der Waals surface area (Å²) in [4.78, 5) is 51.6. The molecule has 2 saturated heterocycles. The van der Waals surface area contributed by atoms with Gasteiger partial charge in [-0.1, -0.05) is 18.2 Å². The fourth-order valence-corrected chi connectivity index (χ4v) is 6.05. The molecule has 0 radical (unpaired) electrons. The van der Waals surface area contributed by atoms with E-state index in [0.717, 1.165) is 17.7 Å². The van der Waals surface area contributed by atoms with E-state index in [4.69, 9.17) is 0 Å². The lowest BCUT2D eigenvalue weighted by atomic mass is 10.0. The molecule has 11 heteroatoms. The van der Waals surface area contributed by atoms with Gasteiger partial charge in [0, 0.05) is 49.3 Å². The summed E-state index contributed by atoms with van der Waals surface area (Å²) in [7, 11) is -3.97. The number of carbonyl (C=O) groups is 4. The average Bonchev–Trinajstić information content (AvgIpc) is 3.41. The molecule has 0 aliphatic carbocycles. The minimum absolute atomic E-state index is 0.0163. The minimum atomic E-state index is -3.97. The average molecular weight is 497 g/mol. The van der Waals surface area contributed by atoms with Gasteiger partial charge >= 0.3 is 0 Å². The van der Waals surface area contributed by atoms with E-state index in [1.165, 1.54) is 17.0 Å². The lowest BCUT2D eigenvalue weighted by molar-refractivity contribution is -0.137. The zero-order valence-electron chi connectivity index (χ0n) is 18.8. The third kappa shape index (κ3) is 4.32. The van der Waals surface area contributed by atoms with Crippen molar-refractivity contribution in [3.63, 3.8) is 0 Å². The van der Waals surface area contributed by atoms with Crippen LogP contribution in [0.15, 0.2) is 47.4 Å². The molecule has 35 heavy (non-hydrogen) atoms. The molecular formula is C24H24N4O6S. The topological polar surface area (TPSA) is 133 Å². The molecule has 5 rings (SSSR count). The molecule has 1 atom stereocenters. The number of imide groups is 1. The van der Waals surface area contributed by atoms with Crippen LogP contribution in [0.25, 0.3) is 0 Å². The smallest absolute Gasteiger partial charge is 0.255 e. The standard InChI is InChI=1S/C24H24N4O6S/c29-21-11-10-19(23(31)26-21)28-14-18-17(24(28)32)3-1-4-20(18)35(33,34)25-13-15-6-8-16(9-7-15)27-12-2-5-22(27)30/h1,3-4,6-9,19,25H,2,5,10-14H2,(H,26,29,31). The Morgan fingerprint density at radius 1 is 1.00 bits per heavy atom. The van der Waals surface area contributed by atoms with Crippen molar-refractivity contribution in [2.45, 2.75) is 49.7 Å². The molecule has 2 aromatic carbocycles. The predicted octanol–water partition coefficient (Wildman–Crippen LogP) is 1.05. The van der Waals surface area contributed by atoms with Crippen molar-refractivity contribution in [3.8, 4) is 0 Å². The van der Waals surface area contributed by atoms with Crippen molar-refractivity contribution in [1.29, 1.82) is 0 Å². The first kappa shape index (κ1) is 23.2. The maximum atomic E-state index is 13.2. The van der Waals surface area contributed by atoms with Crippen LogP contribution >= 0.6 is 0 Å². The number of rotatable bonds is 6. The summed E-state index contributed by atoms with van der Waals surface area (Å²) in [5, 5.41) is 2.24. The van der Waals surface area contributed by atoms with Crippen molar-refractivity contribution in [2.24, 2.45) is 0 Å². The zero-order valence-corrected chi connectivity index (χ0v) is 19.6. The Bertz CT molecular complexity index is 1340. The number of nitrogens with one attached hydrogen (secondary N) is 2. The molecule has 4 amide bonds. The number of nitrogens with zero attached hydrogens (tertiary/aromatic N) is 2. The highest BCUT2D eigenvalue weighted by atomic mass is 32.2. The molecule has 0 spiro atoms. The first-order valence-electron chi connectivity index (χ1n) is 11.4. The molecule has 0 aromatic heterocycles. The molecule has 0 bridgehead atoms. The number of sulfonamides is 1. The molecular weight excluding hydrogens is 472 g/mol. The van der Waals surface area contributed by atoms with Crippen LogP contribution in [-0.4, -0.2) is 49.5 Å². The Balaban J connectivity index is 1.31. The summed E-state index contributed by atoms with van der Waals surface area (Å²) < 4.78 is 28.9. The molecule has 3 aliphatic rings. The van der Waals surface area contributed by atoms with E-state index >= 15 is 0 Å². The minimum Gasteiger partial charge on any atom is -0.322 e. The van der Waals surface area contributed by atoms with Gasteiger partial charge in [-0.25, -0.2) is 13.1 Å². The van der Waals surface area contributed by atoms with Crippen molar-refractivity contribution >= 4 is 39.3 Å². The molecule has 2 aromatic rings. The predicted molar refractivity (Wildman–Crippen MR) is 125 cm³/mol. The lowest BCUT2D eigenvalue weighted by Gasteiger charge is -2.29. The van der Waals surface area contributed by atoms with Gasteiger partial charge in [0.1, 0.15) is 6.04 Å². The maximum Gasteiger partial charge on any atom is 0.255 e. The maximum absolute atomic E-state index is 13.2. The fraction of sp³-hybridized carbons (Fsp3) is 0.333. The summed E-state index contributed by atoms with van der Waals surface area (Å²) in [5.74, 6) is -1.29. The largest absolute Gasteiger partial charge is 0.322 e. The van der Waals surface area contributed by atoms with Gasteiger partial charge in [0.2, 0.25) is 27.7 Å². The van der Waals surface area contributed by atoms with E-state index in [2.05, 4.69) is 10.0 Å². The van der Waals surface area contributed by atoms with E-state index in [1.807, 2.05) is 0 Å². The van der Waals surface area contributed by atoms with Gasteiger partial charge in [-0.3, -0.25) is 24.5 Å². The molecule has 3 aliphatic heterocycles. The van der Waals surface area contributed by atoms with E-state index in [9.17, 15) is 27.6 Å². The highest BCUT2D eigenvalue weighted by Gasteiger charge is 2.41. The summed E-state index contributed by atoms with van der Waals surface area (Å²) in [6, 6.07) is 10.8. The van der Waals surface area contributed by atoms with Crippen LogP contribution in [0.3, 0.4) is 0 Å². The fourth-order valence-electron chi connectivity index (χ4n) is 4.78. The van der Waals surface area contributed by atoms with Crippen molar-refractivity contribution in [1.82, 2.24) is 14.9 Å². The molecule has 1 unspecified atom stereocenters. The monoisotopic (exact) mass is 496 g/mol. The molecule has 2 N–H and O–H groups in total. The van der Waals surface area contributed by atoms with Crippen molar-refractivity contribution in [2.75, 3.05) is 11.4 Å². The van der Waals surface area contributed by atoms with E-state index in [-0.39, 0.29) is 48.2 Å². The zero-order chi connectivity index (χ0) is 24.7. The lowest BCUT2D eigenvalue weighted by Crippen LogP contribution is -2.52. The number of piperidine rings is 1. The van der Waals surface area contributed by atoms with E-state index in [0.29, 0.717) is 18.5 Å². The Labute approximate surface area is 202 Å². The van der Waals surface area contributed by atoms with Gasteiger partial charge in [0.15, 0.2) is 0 Å². The second kappa shape index (κ2) is 8.90. The summed E-state index contributed by atoms with van der Waals surface area (Å²) >= 11 is 0. The number of hydrogen-bond donors (Lipinski definition) is 2. The van der Waals surface area contributed by atoms with Gasteiger partial charge in [-0.2, -0.15) is 0 Å². The number of fused-ring (bicyclic) bond motifs is 1. The Hall–Kier alpha value is -3.57. The van der Waals surface area contributed by atoms with Crippen LogP contribution < -0.4 is 14.9 Å². The van der Waals surface area contributed by atoms with Crippen LogP contribution in [0, 0.1) is 0 Å². The van der Waals surface area contributed by atoms with E-state index < -0.39 is 27.9 Å². The second-order valence-electron chi connectivity index (χ2n) is 8.82. The third-order valence-electron chi connectivity index (χ3n) is 6.62. The summed E-state index contributed by atoms with van der Waals surface area (Å²) in [6.07, 6.45) is 1.68. The molecule has 0 saturated carbocycles. The normalized spacial score (nSPS) is 20.4. The first-order chi connectivity index (χ1) is 16.7. The van der Waals surface area contributed by atoms with Gasteiger partial charge in [-0.05, 0) is 42.7 Å². The third-order valence-corrected chi connectivity index (χ3v) is 8.10. The quantitative estimate of drug-likeness (QED) is 0.575. The molecule has 3 heterocycles. The number of carbonyl (C=O) groups excluding carboxylic acids is 4. The van der Waals surface area contributed by atoms with Gasteiger partial charge in [0.25, 0.3) is 5.91 Å². The highest BCUT2D eigenvalue weighted by Crippen LogP contribution is 2.32. The Kier molecular flexibility index (Phi) is 5.89. The first-order valence-corrected chi connectivity index (χ1v) is 12.9. The van der Waals surface area contributed by atoms with Crippen LogP contribution in [0.1, 0.15) is 47.2 Å². The van der Waals surface area contributed by atoms with Gasteiger partial charge in [0.05, 0.1) is 4.90 Å². The molecule has 10 nitrogen and oxygen atoms in total. The number of anilines is 1. The van der Waals surface area contributed by atoms with Crippen LogP contribution in [0.4, 0.5) is 5.69 Å². The summed E-state index contributed by atoms with van der Waals surface area (Å²) in [6.45, 7) is 0.680. The van der Waals surface area contributed by atoms with Crippen LogP contribution in [-0.2, 0) is 37.5 Å². The van der Waals surface area contributed by atoms with E-state index in [1.54, 1.807) is 35.2 Å². The highest BCUT2D eigenvalue weighted by molar-refractivity contribution is 7.89. The molecule has 2 fully saturated rings. The number of hydrogen-bond acceptors (Lipinski definition) is 6. The Morgan fingerprint density at radius 2 is 1.77 bits per heavy atom. The summed E-state index contributed by atoms with van der Waals surface area (Å²) in [5.41, 5.74) is 2.07. The van der Waals surface area contributed by atoms with Crippen molar-refractivity contribution < 1.29 is 27.6 Å². The number of amides is 4. The van der Waals surface area contributed by atoms with Crippen LogP contribution in [0.2, 0.25) is 0 Å². The molecule has 182 valence electrons. The van der Waals surface area contributed by atoms with Crippen LogP contribution in [0.5, 0.6) is 0 Å². The van der Waals surface area contributed by atoms with Gasteiger partial charge < -0.3 is 9.80 Å². The van der Waals surface area contributed by atoms with Crippen molar-refractivity contribution in [3.05, 3.63) is 59.2 Å². The Morgan fingerprint density at radius 3 is 2.46 bits per heavy atom. The SMILES string of the molecule is O=C1CCC(N2Cc3c(cccc3S(=O)(=O)NCc3ccc(N4CCCC4=O)cc3)C2=O)C(=O)N1.